The molecule has 15 heterocycles. The summed E-state index contributed by atoms with van der Waals surface area (Å²) in [5, 5.41) is 1.91. The number of ether oxygens (including phenoxy) is 5. The molecule has 25 nitrogen and oxygen atoms in total. The van der Waals surface area contributed by atoms with Gasteiger partial charge >= 0.3 is 0 Å². The van der Waals surface area contributed by atoms with Crippen LogP contribution in [0.4, 0.5) is 0 Å². The largest absolute Gasteiger partial charge is 0.456 e. The minimum absolute atomic E-state index is 0.115. The number of terminal acetylenes is 1. The van der Waals surface area contributed by atoms with Gasteiger partial charge in [0.2, 0.25) is 0 Å². The van der Waals surface area contributed by atoms with Crippen LogP contribution in [-0.2, 0) is 32.1 Å². The molecule has 0 aliphatic rings. The van der Waals surface area contributed by atoms with E-state index in [9.17, 15) is 24.0 Å². The lowest BCUT2D eigenvalue weighted by Crippen LogP contribution is -2.08. The maximum atomic E-state index is 12.5. The zero-order chi connectivity index (χ0) is 88.9. The van der Waals surface area contributed by atoms with Gasteiger partial charge in [0.05, 0.1) is 83.2 Å². The molecular weight excluding hydrogens is 1660 g/mol. The summed E-state index contributed by atoms with van der Waals surface area (Å²) in [6.07, 6.45) is 26.9. The van der Waals surface area contributed by atoms with Crippen LogP contribution in [0.15, 0.2) is 250 Å². The number of hydrogen-bond donors (Lipinski definition) is 0. The van der Waals surface area contributed by atoms with E-state index >= 15 is 0 Å². The average molecular weight is 1740 g/mol. The van der Waals surface area contributed by atoms with E-state index in [1.165, 1.54) is 24.8 Å². The standard InChI is InChI=1S/C20H15N3O2.4C19H16ClN3O2/c1-3-15-6-7-16(22-12-15)10-20(24)19-11-18(9-14(2)23-19)25-17-5-4-8-21-13-17;2*1-12-3-4-15(22-9-12)7-19(24)18-8-16(5-13(2)23-18)25-17-6-14(20)10-21-11-17;2*1-12-4-3-5-15(22-12)8-19(24)18-9-16(6-13(2)23-18)25-17-7-14(20)10-21-11-17/h1,4-9,11-13H,10H2,2H3;2*3-6,8-11H,7H2,1-2H3;2*3-7,9-11H,8H2,1-2H3. The Kier molecular flexibility index (Phi) is 32.6. The second-order valence-corrected chi connectivity index (χ2v) is 29.8. The van der Waals surface area contributed by atoms with Crippen LogP contribution in [0.1, 0.15) is 137 Å². The number of rotatable bonds is 25. The van der Waals surface area contributed by atoms with Gasteiger partial charge in [-0.3, -0.25) is 73.8 Å². The fourth-order valence-corrected chi connectivity index (χ4v) is 12.2. The topological polar surface area (TPSA) is 325 Å². The Balaban J connectivity index is 0.000000152. The third kappa shape index (κ3) is 29.9. The summed E-state index contributed by atoms with van der Waals surface area (Å²) < 4.78 is 28.7. The molecule has 0 bridgehead atoms. The van der Waals surface area contributed by atoms with Crippen molar-refractivity contribution in [1.29, 1.82) is 0 Å². The number of halogens is 4. The summed E-state index contributed by atoms with van der Waals surface area (Å²) in [7, 11) is 0. The predicted molar refractivity (Wildman–Crippen MR) is 475 cm³/mol. The summed E-state index contributed by atoms with van der Waals surface area (Å²) in [6, 6.07) is 49.3. The number of aromatic nitrogens is 15. The summed E-state index contributed by atoms with van der Waals surface area (Å²) >= 11 is 23.6. The molecule has 0 spiro atoms. The highest BCUT2D eigenvalue weighted by molar-refractivity contribution is 6.31. The van der Waals surface area contributed by atoms with Crippen LogP contribution in [0.2, 0.25) is 20.1 Å². The Bertz CT molecular complexity index is 6090. The second kappa shape index (κ2) is 44.7. The van der Waals surface area contributed by atoms with E-state index in [0.717, 1.165) is 33.9 Å². The molecular formula is C96H79Cl4N15O10. The normalized spacial score (nSPS) is 10.4. The van der Waals surface area contributed by atoms with Gasteiger partial charge in [0.25, 0.3) is 0 Å². The van der Waals surface area contributed by atoms with Crippen LogP contribution in [-0.4, -0.2) is 104 Å². The molecule has 0 aromatic carbocycles. The molecule has 0 fully saturated rings. The zero-order valence-corrected chi connectivity index (χ0v) is 72.1. The molecule has 0 aliphatic carbocycles. The number of Topliss-reactive ketones (excluding diaryl/α,β-unsaturated/α-hetero) is 5. The van der Waals surface area contributed by atoms with E-state index in [0.29, 0.717) is 157 Å². The fourth-order valence-electron chi connectivity index (χ4n) is 11.6. The van der Waals surface area contributed by atoms with Crippen molar-refractivity contribution in [1.82, 2.24) is 74.8 Å². The highest BCUT2D eigenvalue weighted by atomic mass is 35.5. The molecule has 626 valence electrons. The maximum Gasteiger partial charge on any atom is 0.187 e. The molecule has 0 amide bonds. The lowest BCUT2D eigenvalue weighted by molar-refractivity contribution is 0.0978. The minimum Gasteiger partial charge on any atom is -0.456 e. The van der Waals surface area contributed by atoms with Gasteiger partial charge in [-0.1, -0.05) is 76.6 Å². The number of ketones is 5. The third-order valence-corrected chi connectivity index (χ3v) is 18.0. The summed E-state index contributed by atoms with van der Waals surface area (Å²) in [5.74, 6) is 7.06. The molecule has 0 N–H and O–H groups in total. The van der Waals surface area contributed by atoms with Crippen molar-refractivity contribution in [2.75, 3.05) is 0 Å². The van der Waals surface area contributed by atoms with Crippen LogP contribution in [0, 0.1) is 74.7 Å². The van der Waals surface area contributed by atoms with Crippen molar-refractivity contribution >= 4 is 75.3 Å². The van der Waals surface area contributed by atoms with Crippen LogP contribution >= 0.6 is 46.4 Å². The Morgan fingerprint density at radius 3 is 0.816 bits per heavy atom. The van der Waals surface area contributed by atoms with E-state index in [-0.39, 0.29) is 61.0 Å². The number of aryl methyl sites for hydroxylation is 9. The van der Waals surface area contributed by atoms with Crippen molar-refractivity contribution in [2.24, 2.45) is 0 Å². The highest BCUT2D eigenvalue weighted by Gasteiger charge is 2.20. The van der Waals surface area contributed by atoms with Crippen LogP contribution < -0.4 is 23.7 Å². The Labute approximate surface area is 741 Å². The second-order valence-electron chi connectivity index (χ2n) is 28.1. The first kappa shape index (κ1) is 91.1. The average Bonchev–Trinajstić information content (AvgIpc) is 0.850. The van der Waals surface area contributed by atoms with Crippen molar-refractivity contribution in [2.45, 2.75) is 94.4 Å². The SMILES string of the molecule is C#Cc1ccc(CC(=O)c2cc(Oc3cccnc3)cc(C)n2)nc1.Cc1ccc(CC(=O)c2cc(Oc3cncc(Cl)c3)cc(C)n2)nc1.Cc1ccc(CC(=O)c2cc(Oc3cncc(Cl)c3)cc(C)n2)nc1.Cc1cccc(CC(=O)c2cc(Oc3cncc(Cl)c3)cc(C)n2)n1.Cc1cccc(CC(=O)c2cc(Oc3cncc(Cl)c3)cc(C)n2)n1. The van der Waals surface area contributed by atoms with E-state index < -0.39 is 0 Å². The van der Waals surface area contributed by atoms with Crippen LogP contribution in [0.3, 0.4) is 0 Å². The third-order valence-electron chi connectivity index (χ3n) is 17.1. The Morgan fingerprint density at radius 1 is 0.272 bits per heavy atom. The molecule has 15 aromatic rings. The minimum atomic E-state index is -0.138. The van der Waals surface area contributed by atoms with Gasteiger partial charge in [-0.05, 0) is 134 Å². The van der Waals surface area contributed by atoms with Gasteiger partial charge in [0, 0.05) is 208 Å². The number of nitrogens with zero attached hydrogens (tertiary/aromatic N) is 15. The Morgan fingerprint density at radius 2 is 0.560 bits per heavy atom. The van der Waals surface area contributed by atoms with E-state index in [4.69, 9.17) is 76.5 Å². The summed E-state index contributed by atoms with van der Waals surface area (Å²) in [4.78, 5) is 126. The van der Waals surface area contributed by atoms with Crippen molar-refractivity contribution in [3.8, 4) is 69.8 Å². The van der Waals surface area contributed by atoms with Gasteiger partial charge < -0.3 is 23.7 Å². The lowest BCUT2D eigenvalue weighted by atomic mass is 10.1. The van der Waals surface area contributed by atoms with Gasteiger partial charge in [-0.2, -0.15) is 0 Å². The number of hydrogen-bond acceptors (Lipinski definition) is 25. The molecule has 0 saturated carbocycles. The van der Waals surface area contributed by atoms with Crippen molar-refractivity contribution < 1.29 is 47.7 Å². The molecule has 0 atom stereocenters. The maximum absolute atomic E-state index is 12.5. The van der Waals surface area contributed by atoms with Gasteiger partial charge in [-0.15, -0.1) is 6.42 Å². The van der Waals surface area contributed by atoms with Gasteiger partial charge in [-0.25, -0.2) is 24.9 Å². The van der Waals surface area contributed by atoms with Gasteiger partial charge in [0.1, 0.15) is 86.0 Å². The Hall–Kier alpha value is -14.7. The fraction of sp³-hybridized carbons (Fsp3) is 0.146. The molecule has 0 unspecified atom stereocenters. The predicted octanol–water partition coefficient (Wildman–Crippen LogP) is 20.8. The highest BCUT2D eigenvalue weighted by Crippen LogP contribution is 2.31. The number of pyridine rings is 15. The quantitative estimate of drug-likeness (QED) is 0.0379. The molecule has 15 rings (SSSR count). The van der Waals surface area contributed by atoms with E-state index in [1.54, 1.807) is 165 Å². The van der Waals surface area contributed by atoms with Crippen molar-refractivity contribution in [3.05, 3.63) is 384 Å². The first-order valence-corrected chi connectivity index (χ1v) is 40.0. The lowest BCUT2D eigenvalue weighted by Gasteiger charge is -2.08. The first-order valence-electron chi connectivity index (χ1n) is 38.5. The van der Waals surface area contributed by atoms with E-state index in [2.05, 4.69) is 80.7 Å². The van der Waals surface area contributed by atoms with Crippen LogP contribution in [0.25, 0.3) is 0 Å². The molecule has 0 radical (unpaired) electrons. The molecule has 125 heavy (non-hydrogen) atoms. The van der Waals surface area contributed by atoms with E-state index in [1.807, 2.05) is 123 Å². The van der Waals surface area contributed by atoms with Gasteiger partial charge in [0.15, 0.2) is 28.9 Å². The van der Waals surface area contributed by atoms with Crippen LogP contribution in [0.5, 0.6) is 57.5 Å². The first-order chi connectivity index (χ1) is 60.1. The zero-order valence-electron chi connectivity index (χ0n) is 69.1. The monoisotopic (exact) mass is 1740 g/mol. The summed E-state index contributed by atoms with van der Waals surface area (Å²) in [6.45, 7) is 16.7. The summed E-state index contributed by atoms with van der Waals surface area (Å²) in [5.41, 5.74) is 13.2. The molecule has 15 aromatic heterocycles. The molecule has 0 aliphatic heterocycles. The molecule has 0 saturated heterocycles. The number of carbonyl (C=O) groups is 5. The smallest absolute Gasteiger partial charge is 0.187 e. The molecule has 29 heteroatoms. The number of carbonyl (C=O) groups excluding carboxylic acids is 5. The van der Waals surface area contributed by atoms with Crippen molar-refractivity contribution in [3.63, 3.8) is 0 Å².